The van der Waals surface area contributed by atoms with Crippen molar-refractivity contribution in [3.8, 4) is 5.75 Å². The van der Waals surface area contributed by atoms with Crippen LogP contribution in [0.15, 0.2) is 28.7 Å². The van der Waals surface area contributed by atoms with Crippen LogP contribution in [0.25, 0.3) is 6.08 Å². The van der Waals surface area contributed by atoms with Crippen LogP contribution in [0.1, 0.15) is 5.56 Å². The predicted molar refractivity (Wildman–Crippen MR) is 50.9 cm³/mol. The molecule has 0 aliphatic carbocycles. The smallest absolute Gasteiger partial charge is 0.142 e. The number of carbonyl (C=O) groups is 1. The number of halogens is 1. The van der Waals surface area contributed by atoms with Gasteiger partial charge in [-0.15, -0.1) is 0 Å². The summed E-state index contributed by atoms with van der Waals surface area (Å²) in [6, 6.07) is 5.02. The third kappa shape index (κ3) is 2.20. The summed E-state index contributed by atoms with van der Waals surface area (Å²) in [7, 11) is 0. The van der Waals surface area contributed by atoms with Crippen LogP contribution in [0.4, 0.5) is 0 Å². The summed E-state index contributed by atoms with van der Waals surface area (Å²) in [5, 5.41) is 9.13. The van der Waals surface area contributed by atoms with Gasteiger partial charge in [0, 0.05) is 0 Å². The zero-order valence-corrected chi connectivity index (χ0v) is 7.78. The fourth-order valence-corrected chi connectivity index (χ4v) is 1.17. The first kappa shape index (κ1) is 9.00. The fourth-order valence-electron chi connectivity index (χ4n) is 0.777. The van der Waals surface area contributed by atoms with E-state index in [9.17, 15) is 4.79 Å². The maximum atomic E-state index is 9.98. The molecule has 0 aliphatic rings. The Kier molecular flexibility index (Phi) is 3.05. The van der Waals surface area contributed by atoms with Gasteiger partial charge in [-0.25, -0.2) is 0 Å². The van der Waals surface area contributed by atoms with Gasteiger partial charge >= 0.3 is 0 Å². The number of phenols is 1. The molecule has 0 unspecified atom stereocenters. The zero-order valence-electron chi connectivity index (χ0n) is 6.20. The summed E-state index contributed by atoms with van der Waals surface area (Å²) in [5.41, 5.74) is 0.867. The lowest BCUT2D eigenvalue weighted by Crippen LogP contribution is -1.73. The monoisotopic (exact) mass is 226 g/mol. The Bertz CT molecular complexity index is 318. The van der Waals surface area contributed by atoms with Crippen molar-refractivity contribution in [1.29, 1.82) is 0 Å². The highest BCUT2D eigenvalue weighted by molar-refractivity contribution is 9.10. The summed E-state index contributed by atoms with van der Waals surface area (Å²) in [6.07, 6.45) is 3.77. The van der Waals surface area contributed by atoms with E-state index in [-0.39, 0.29) is 5.75 Å². The van der Waals surface area contributed by atoms with Crippen LogP contribution in [0, 0.1) is 0 Å². The number of carbonyl (C=O) groups excluding carboxylic acids is 1. The number of hydrogen-bond donors (Lipinski definition) is 1. The second kappa shape index (κ2) is 4.07. The zero-order chi connectivity index (χ0) is 8.97. The van der Waals surface area contributed by atoms with Crippen molar-refractivity contribution in [1.82, 2.24) is 0 Å². The van der Waals surface area contributed by atoms with Crippen LogP contribution in [-0.2, 0) is 4.79 Å². The molecule has 0 aliphatic heterocycles. The standard InChI is InChI=1S/C9H7BrO2/c10-8-6-7(2-1-5-11)3-4-9(8)12/h1-6,12H/b2-1+. The topological polar surface area (TPSA) is 37.3 Å². The van der Waals surface area contributed by atoms with E-state index in [0.717, 1.165) is 5.56 Å². The van der Waals surface area contributed by atoms with Gasteiger partial charge in [-0.3, -0.25) is 4.79 Å². The quantitative estimate of drug-likeness (QED) is 0.622. The predicted octanol–water partition coefficient (Wildman–Crippen LogP) is 2.37. The number of aldehydes is 1. The van der Waals surface area contributed by atoms with Crippen LogP contribution >= 0.6 is 15.9 Å². The van der Waals surface area contributed by atoms with E-state index in [0.29, 0.717) is 10.8 Å². The van der Waals surface area contributed by atoms with Crippen molar-refractivity contribution in [2.75, 3.05) is 0 Å². The van der Waals surface area contributed by atoms with Gasteiger partial charge in [0.15, 0.2) is 0 Å². The minimum absolute atomic E-state index is 0.193. The summed E-state index contributed by atoms with van der Waals surface area (Å²) in [4.78, 5) is 9.98. The van der Waals surface area contributed by atoms with Crippen molar-refractivity contribution in [2.24, 2.45) is 0 Å². The van der Waals surface area contributed by atoms with Gasteiger partial charge in [-0.2, -0.15) is 0 Å². The number of benzene rings is 1. The SMILES string of the molecule is O=C/C=C/c1ccc(O)c(Br)c1. The Hall–Kier alpha value is -1.09. The summed E-state index contributed by atoms with van der Waals surface area (Å²) in [5.74, 6) is 0.193. The number of allylic oxidation sites excluding steroid dienone is 1. The molecule has 0 fully saturated rings. The molecule has 0 saturated heterocycles. The fraction of sp³-hybridized carbons (Fsp3) is 0. The van der Waals surface area contributed by atoms with Gasteiger partial charge in [0.1, 0.15) is 12.0 Å². The number of rotatable bonds is 2. The molecule has 0 aromatic heterocycles. The maximum absolute atomic E-state index is 9.98. The van der Waals surface area contributed by atoms with E-state index in [2.05, 4.69) is 15.9 Å². The van der Waals surface area contributed by atoms with Crippen LogP contribution in [0.5, 0.6) is 5.75 Å². The minimum Gasteiger partial charge on any atom is -0.507 e. The summed E-state index contributed by atoms with van der Waals surface area (Å²) >= 11 is 3.17. The molecule has 1 aromatic rings. The van der Waals surface area contributed by atoms with E-state index >= 15 is 0 Å². The Morgan fingerprint density at radius 1 is 1.42 bits per heavy atom. The van der Waals surface area contributed by atoms with E-state index < -0.39 is 0 Å². The minimum atomic E-state index is 0.193. The van der Waals surface area contributed by atoms with Gasteiger partial charge in [0.25, 0.3) is 0 Å². The van der Waals surface area contributed by atoms with Crippen LogP contribution in [-0.4, -0.2) is 11.4 Å². The molecule has 1 N–H and O–H groups in total. The Balaban J connectivity index is 2.96. The van der Waals surface area contributed by atoms with Crippen LogP contribution < -0.4 is 0 Å². The average Bonchev–Trinajstić information content (AvgIpc) is 2.07. The first-order valence-electron chi connectivity index (χ1n) is 3.34. The van der Waals surface area contributed by atoms with Gasteiger partial charge in [0.2, 0.25) is 0 Å². The molecule has 0 bridgehead atoms. The Morgan fingerprint density at radius 3 is 2.75 bits per heavy atom. The molecule has 1 aromatic carbocycles. The molecule has 3 heteroatoms. The maximum Gasteiger partial charge on any atom is 0.142 e. The molecular formula is C9H7BrO2. The molecule has 0 atom stereocenters. The third-order valence-electron chi connectivity index (χ3n) is 1.34. The molecule has 12 heavy (non-hydrogen) atoms. The number of phenolic OH excluding ortho intramolecular Hbond substituents is 1. The van der Waals surface area contributed by atoms with Gasteiger partial charge in [-0.1, -0.05) is 12.1 Å². The largest absolute Gasteiger partial charge is 0.507 e. The van der Waals surface area contributed by atoms with E-state index in [4.69, 9.17) is 5.11 Å². The lowest BCUT2D eigenvalue weighted by atomic mass is 10.2. The van der Waals surface area contributed by atoms with Crippen molar-refractivity contribution < 1.29 is 9.90 Å². The molecule has 1 rings (SSSR count). The van der Waals surface area contributed by atoms with E-state index in [1.165, 1.54) is 6.08 Å². The molecule has 2 nitrogen and oxygen atoms in total. The second-order valence-electron chi connectivity index (χ2n) is 2.21. The highest BCUT2D eigenvalue weighted by Gasteiger charge is 1.95. The number of aromatic hydroxyl groups is 1. The first-order valence-corrected chi connectivity index (χ1v) is 4.13. The van der Waals surface area contributed by atoms with Crippen LogP contribution in [0.2, 0.25) is 0 Å². The normalized spacial score (nSPS) is 10.4. The van der Waals surface area contributed by atoms with Gasteiger partial charge in [0.05, 0.1) is 4.47 Å². The molecule has 0 radical (unpaired) electrons. The lowest BCUT2D eigenvalue weighted by molar-refractivity contribution is -0.104. The average molecular weight is 227 g/mol. The first-order chi connectivity index (χ1) is 5.74. The van der Waals surface area contributed by atoms with Crippen LogP contribution in [0.3, 0.4) is 0 Å². The van der Waals surface area contributed by atoms with Crippen molar-refractivity contribution in [3.63, 3.8) is 0 Å². The highest BCUT2D eigenvalue weighted by atomic mass is 79.9. The van der Waals surface area contributed by atoms with Gasteiger partial charge < -0.3 is 5.11 Å². The molecule has 0 spiro atoms. The Morgan fingerprint density at radius 2 is 2.17 bits per heavy atom. The highest BCUT2D eigenvalue weighted by Crippen LogP contribution is 2.24. The molecular weight excluding hydrogens is 220 g/mol. The van der Waals surface area contributed by atoms with Crippen molar-refractivity contribution in [2.45, 2.75) is 0 Å². The third-order valence-corrected chi connectivity index (χ3v) is 1.97. The molecule has 0 heterocycles. The molecule has 62 valence electrons. The van der Waals surface area contributed by atoms with Crippen molar-refractivity contribution in [3.05, 3.63) is 34.3 Å². The van der Waals surface area contributed by atoms with E-state index in [1.54, 1.807) is 24.3 Å². The van der Waals surface area contributed by atoms with E-state index in [1.807, 2.05) is 0 Å². The van der Waals surface area contributed by atoms with Gasteiger partial charge in [-0.05, 0) is 39.7 Å². The molecule has 0 amide bonds. The summed E-state index contributed by atoms with van der Waals surface area (Å²) < 4.78 is 0.621. The molecule has 0 saturated carbocycles. The van der Waals surface area contributed by atoms with Crippen molar-refractivity contribution >= 4 is 28.3 Å². The second-order valence-corrected chi connectivity index (χ2v) is 3.06. The summed E-state index contributed by atoms with van der Waals surface area (Å²) in [6.45, 7) is 0. The lowest BCUT2D eigenvalue weighted by Gasteiger charge is -1.96. The Labute approximate surface area is 78.7 Å². The number of hydrogen-bond acceptors (Lipinski definition) is 2.